The van der Waals surface area contributed by atoms with Gasteiger partial charge >= 0.3 is 5.97 Å². The van der Waals surface area contributed by atoms with Crippen LogP contribution in [0.3, 0.4) is 0 Å². The number of hydrazone groups is 1. The number of benzene rings is 2. The van der Waals surface area contributed by atoms with Gasteiger partial charge < -0.3 is 9.52 Å². The molecule has 0 fully saturated rings. The molecule has 0 saturated heterocycles. The van der Waals surface area contributed by atoms with Crippen molar-refractivity contribution >= 4 is 38.8 Å². The maximum atomic E-state index is 12.7. The Balaban J connectivity index is 1.92. The molecule has 0 aliphatic carbocycles. The highest BCUT2D eigenvalue weighted by atomic mass is 32.2. The van der Waals surface area contributed by atoms with Crippen LogP contribution in [0, 0.1) is 10.1 Å². The molecule has 0 amide bonds. The Kier molecular flexibility index (Phi) is 6.02. The number of hydrogen-bond acceptors (Lipinski definition) is 8. The Bertz CT molecular complexity index is 1270. The standard InChI is InChI=1S/C19H16N4O7S/c1-12(18-7-4-10-30-18)20-21-16-9-8-13(11-17(16)23(26)27)31(28,29)22-15-6-3-2-5-14(15)19(24)25/h2-11,21-22H,1H3,(H,24,25)/b20-12+. The van der Waals surface area contributed by atoms with E-state index in [2.05, 4.69) is 15.2 Å². The first-order chi connectivity index (χ1) is 14.7. The van der Waals surface area contributed by atoms with Crippen LogP contribution in [0.25, 0.3) is 0 Å². The molecule has 31 heavy (non-hydrogen) atoms. The highest BCUT2D eigenvalue weighted by Crippen LogP contribution is 2.29. The minimum absolute atomic E-state index is 0.0409. The molecule has 0 saturated carbocycles. The molecule has 2 aromatic carbocycles. The minimum Gasteiger partial charge on any atom is -0.478 e. The van der Waals surface area contributed by atoms with E-state index in [1.165, 1.54) is 36.6 Å². The second-order valence-corrected chi connectivity index (χ2v) is 7.86. The number of sulfonamides is 1. The van der Waals surface area contributed by atoms with Crippen molar-refractivity contribution in [2.24, 2.45) is 5.10 Å². The molecule has 0 bridgehead atoms. The van der Waals surface area contributed by atoms with E-state index < -0.39 is 31.5 Å². The smallest absolute Gasteiger partial charge is 0.337 e. The molecular formula is C19H16N4O7S. The van der Waals surface area contributed by atoms with Crippen molar-refractivity contribution in [3.63, 3.8) is 0 Å². The van der Waals surface area contributed by atoms with Crippen LogP contribution in [0.4, 0.5) is 17.1 Å². The first-order valence-corrected chi connectivity index (χ1v) is 10.1. The number of nitrogens with one attached hydrogen (secondary N) is 2. The van der Waals surface area contributed by atoms with Crippen molar-refractivity contribution in [2.45, 2.75) is 11.8 Å². The summed E-state index contributed by atoms with van der Waals surface area (Å²) < 4.78 is 32.7. The van der Waals surface area contributed by atoms with Gasteiger partial charge in [-0.1, -0.05) is 12.1 Å². The fourth-order valence-corrected chi connectivity index (χ4v) is 3.67. The number of hydrogen-bond donors (Lipinski definition) is 3. The van der Waals surface area contributed by atoms with Crippen molar-refractivity contribution in [3.05, 3.63) is 82.3 Å². The molecule has 12 heteroatoms. The SMILES string of the molecule is C/C(=N\Nc1ccc(S(=O)(=O)Nc2ccccc2C(=O)O)cc1[N+](=O)[O-])c1ccco1. The van der Waals surface area contributed by atoms with Crippen molar-refractivity contribution in [1.82, 2.24) is 0 Å². The zero-order valence-corrected chi connectivity index (χ0v) is 16.8. The van der Waals surface area contributed by atoms with Gasteiger partial charge in [0.1, 0.15) is 17.2 Å². The van der Waals surface area contributed by atoms with Gasteiger partial charge in [0.15, 0.2) is 0 Å². The van der Waals surface area contributed by atoms with Gasteiger partial charge in [0.2, 0.25) is 0 Å². The molecule has 0 spiro atoms. The Labute approximate surface area is 176 Å². The van der Waals surface area contributed by atoms with E-state index >= 15 is 0 Å². The highest BCUT2D eigenvalue weighted by Gasteiger charge is 2.23. The monoisotopic (exact) mass is 444 g/mol. The van der Waals surface area contributed by atoms with Crippen molar-refractivity contribution in [2.75, 3.05) is 10.1 Å². The van der Waals surface area contributed by atoms with Crippen molar-refractivity contribution in [3.8, 4) is 0 Å². The number of para-hydroxylation sites is 1. The molecule has 0 radical (unpaired) electrons. The summed E-state index contributed by atoms with van der Waals surface area (Å²) in [5.41, 5.74) is 1.94. The zero-order valence-electron chi connectivity index (χ0n) is 16.0. The fourth-order valence-electron chi connectivity index (χ4n) is 2.57. The zero-order chi connectivity index (χ0) is 22.6. The van der Waals surface area contributed by atoms with Crippen molar-refractivity contribution in [1.29, 1.82) is 0 Å². The number of nitro groups is 1. The minimum atomic E-state index is -4.31. The topological polar surface area (TPSA) is 164 Å². The van der Waals surface area contributed by atoms with Gasteiger partial charge in [-0.15, -0.1) is 0 Å². The quantitative estimate of drug-likeness (QED) is 0.270. The molecule has 0 aliphatic rings. The number of aromatic carboxylic acids is 1. The number of carboxylic acid groups (broad SMARTS) is 1. The number of nitro benzene ring substituents is 1. The molecular weight excluding hydrogens is 428 g/mol. The third kappa shape index (κ3) is 4.87. The lowest BCUT2D eigenvalue weighted by Crippen LogP contribution is -2.16. The Morgan fingerprint density at radius 1 is 1.13 bits per heavy atom. The Morgan fingerprint density at radius 2 is 1.87 bits per heavy atom. The van der Waals surface area contributed by atoms with Crippen LogP contribution in [0.2, 0.25) is 0 Å². The van der Waals surface area contributed by atoms with Gasteiger partial charge in [-0.25, -0.2) is 13.2 Å². The molecule has 11 nitrogen and oxygen atoms in total. The summed E-state index contributed by atoms with van der Waals surface area (Å²) in [7, 11) is -4.31. The number of carbonyl (C=O) groups is 1. The van der Waals surface area contributed by atoms with E-state index in [1.807, 2.05) is 0 Å². The first-order valence-electron chi connectivity index (χ1n) is 8.67. The number of anilines is 2. The predicted molar refractivity (Wildman–Crippen MR) is 112 cm³/mol. The van der Waals surface area contributed by atoms with E-state index in [1.54, 1.807) is 19.1 Å². The molecule has 3 aromatic rings. The molecule has 160 valence electrons. The lowest BCUT2D eigenvalue weighted by atomic mass is 10.2. The van der Waals surface area contributed by atoms with Crippen LogP contribution in [-0.4, -0.2) is 30.1 Å². The summed E-state index contributed by atoms with van der Waals surface area (Å²) in [5, 5.41) is 24.7. The lowest BCUT2D eigenvalue weighted by molar-refractivity contribution is -0.384. The van der Waals surface area contributed by atoms with Crippen LogP contribution < -0.4 is 10.1 Å². The third-order valence-electron chi connectivity index (χ3n) is 4.10. The van der Waals surface area contributed by atoms with Crippen LogP contribution in [-0.2, 0) is 10.0 Å². The van der Waals surface area contributed by atoms with E-state index in [4.69, 9.17) is 4.42 Å². The van der Waals surface area contributed by atoms with Crippen LogP contribution in [0.5, 0.6) is 0 Å². The van der Waals surface area contributed by atoms with Gasteiger partial charge in [-0.3, -0.25) is 20.3 Å². The normalized spacial score (nSPS) is 11.7. The van der Waals surface area contributed by atoms with Gasteiger partial charge in [0.25, 0.3) is 15.7 Å². The molecule has 0 unspecified atom stereocenters. The maximum Gasteiger partial charge on any atom is 0.337 e. The van der Waals surface area contributed by atoms with E-state index in [9.17, 15) is 28.4 Å². The average Bonchev–Trinajstić information content (AvgIpc) is 3.26. The number of nitrogens with zero attached hydrogens (tertiary/aromatic N) is 2. The fraction of sp³-hybridized carbons (Fsp3) is 0.0526. The van der Waals surface area contributed by atoms with Crippen LogP contribution in [0.1, 0.15) is 23.0 Å². The average molecular weight is 444 g/mol. The van der Waals surface area contributed by atoms with Crippen LogP contribution >= 0.6 is 0 Å². The molecule has 3 N–H and O–H groups in total. The largest absolute Gasteiger partial charge is 0.478 e. The molecule has 3 rings (SSSR count). The van der Waals surface area contributed by atoms with E-state index in [0.29, 0.717) is 11.5 Å². The van der Waals surface area contributed by atoms with E-state index in [0.717, 1.165) is 12.1 Å². The second-order valence-electron chi connectivity index (χ2n) is 6.18. The highest BCUT2D eigenvalue weighted by molar-refractivity contribution is 7.92. The molecule has 1 heterocycles. The van der Waals surface area contributed by atoms with Gasteiger partial charge in [0, 0.05) is 6.07 Å². The summed E-state index contributed by atoms with van der Waals surface area (Å²) in [6.45, 7) is 1.63. The number of furan rings is 1. The summed E-state index contributed by atoms with van der Waals surface area (Å²) >= 11 is 0. The molecule has 0 atom stereocenters. The third-order valence-corrected chi connectivity index (χ3v) is 5.46. The second kappa shape index (κ2) is 8.67. The first kappa shape index (κ1) is 21.5. The predicted octanol–water partition coefficient (Wildman–Crippen LogP) is 3.52. The van der Waals surface area contributed by atoms with Crippen molar-refractivity contribution < 1.29 is 27.7 Å². The summed E-state index contributed by atoms with van der Waals surface area (Å²) in [5.74, 6) is -0.871. The lowest BCUT2D eigenvalue weighted by Gasteiger charge is -2.11. The van der Waals surface area contributed by atoms with Gasteiger partial charge in [-0.2, -0.15) is 5.10 Å². The molecule has 0 aliphatic heterocycles. The Morgan fingerprint density at radius 3 is 2.52 bits per heavy atom. The maximum absolute atomic E-state index is 12.7. The van der Waals surface area contributed by atoms with Crippen LogP contribution in [0.15, 0.2) is 75.3 Å². The summed E-state index contributed by atoms with van der Waals surface area (Å²) in [6.07, 6.45) is 1.45. The summed E-state index contributed by atoms with van der Waals surface area (Å²) in [4.78, 5) is 21.6. The summed E-state index contributed by atoms with van der Waals surface area (Å²) in [6, 6.07) is 11.9. The van der Waals surface area contributed by atoms with E-state index in [-0.39, 0.29) is 16.9 Å². The van der Waals surface area contributed by atoms with Gasteiger partial charge in [0.05, 0.1) is 27.3 Å². The van der Waals surface area contributed by atoms with Gasteiger partial charge in [-0.05, 0) is 43.3 Å². The molecule has 1 aromatic heterocycles. The number of rotatable bonds is 8. The number of carboxylic acids is 1. The Hall–Kier alpha value is -4.19.